The lowest BCUT2D eigenvalue weighted by Crippen LogP contribution is -2.39. The summed E-state index contributed by atoms with van der Waals surface area (Å²) in [5.74, 6) is -0.333. The smallest absolute Gasteiger partial charge is 0.410 e. The standard InChI is InChI=1S/C12H17N3O4/c1-12(2,3)19-11(17)15-5-4-7-8(6-15)18-10(14-7)9(13)16/h4-6H2,1-3H3,(H2,13,16). The topological polar surface area (TPSA) is 98.7 Å². The molecule has 0 saturated carbocycles. The van der Waals surface area contributed by atoms with Gasteiger partial charge in [0.2, 0.25) is 0 Å². The summed E-state index contributed by atoms with van der Waals surface area (Å²) in [6.07, 6.45) is 0.112. The number of oxazole rings is 1. The fourth-order valence-electron chi connectivity index (χ4n) is 1.78. The number of hydrogen-bond acceptors (Lipinski definition) is 5. The van der Waals surface area contributed by atoms with Gasteiger partial charge in [-0.3, -0.25) is 4.79 Å². The first-order valence-electron chi connectivity index (χ1n) is 6.02. The van der Waals surface area contributed by atoms with Crippen LogP contribution in [0.5, 0.6) is 0 Å². The molecule has 7 nitrogen and oxygen atoms in total. The maximum Gasteiger partial charge on any atom is 0.410 e. The molecular weight excluding hydrogens is 250 g/mol. The number of rotatable bonds is 1. The molecule has 0 atom stereocenters. The molecule has 19 heavy (non-hydrogen) atoms. The Bertz CT molecular complexity index is 516. The van der Waals surface area contributed by atoms with Gasteiger partial charge in [-0.1, -0.05) is 0 Å². The summed E-state index contributed by atoms with van der Waals surface area (Å²) < 4.78 is 10.5. The molecule has 7 heteroatoms. The van der Waals surface area contributed by atoms with Crippen LogP contribution >= 0.6 is 0 Å². The number of primary amides is 1. The lowest BCUT2D eigenvalue weighted by Gasteiger charge is -2.28. The highest BCUT2D eigenvalue weighted by Crippen LogP contribution is 2.21. The molecule has 2 amide bonds. The molecule has 0 bridgehead atoms. The zero-order valence-corrected chi connectivity index (χ0v) is 11.2. The molecule has 2 N–H and O–H groups in total. The average molecular weight is 267 g/mol. The predicted octanol–water partition coefficient (Wildman–Crippen LogP) is 1.07. The average Bonchev–Trinajstić information content (AvgIpc) is 2.69. The van der Waals surface area contributed by atoms with Gasteiger partial charge in [0.1, 0.15) is 11.4 Å². The van der Waals surface area contributed by atoms with E-state index in [1.165, 1.54) is 4.90 Å². The number of ether oxygens (including phenoxy) is 1. The molecule has 0 radical (unpaired) electrons. The van der Waals surface area contributed by atoms with Crippen LogP contribution in [0.4, 0.5) is 4.79 Å². The molecule has 0 aliphatic carbocycles. The van der Waals surface area contributed by atoms with Crippen LogP contribution in [0.15, 0.2) is 4.42 Å². The Morgan fingerprint density at radius 2 is 2.11 bits per heavy atom. The minimum atomic E-state index is -0.710. The molecule has 1 aliphatic rings. The van der Waals surface area contributed by atoms with Gasteiger partial charge in [0.25, 0.3) is 5.89 Å². The second-order valence-electron chi connectivity index (χ2n) is 5.41. The van der Waals surface area contributed by atoms with Crippen molar-refractivity contribution >= 4 is 12.0 Å². The van der Waals surface area contributed by atoms with Gasteiger partial charge in [-0.15, -0.1) is 0 Å². The van der Waals surface area contributed by atoms with E-state index < -0.39 is 17.6 Å². The van der Waals surface area contributed by atoms with Crippen molar-refractivity contribution in [2.24, 2.45) is 5.73 Å². The van der Waals surface area contributed by atoms with E-state index >= 15 is 0 Å². The number of aromatic nitrogens is 1. The summed E-state index contributed by atoms with van der Waals surface area (Å²) in [6, 6.07) is 0. The van der Waals surface area contributed by atoms with E-state index in [-0.39, 0.29) is 12.4 Å². The minimum Gasteiger partial charge on any atom is -0.444 e. The lowest BCUT2D eigenvalue weighted by atomic mass is 10.1. The Kier molecular flexibility index (Phi) is 3.21. The number of hydrogen-bond donors (Lipinski definition) is 1. The van der Waals surface area contributed by atoms with Gasteiger partial charge in [0.05, 0.1) is 12.2 Å². The lowest BCUT2D eigenvalue weighted by molar-refractivity contribution is 0.0208. The summed E-state index contributed by atoms with van der Waals surface area (Å²) in [6.45, 7) is 6.14. The molecule has 0 unspecified atom stereocenters. The van der Waals surface area contributed by atoms with Crippen LogP contribution in [0.1, 0.15) is 42.9 Å². The highest BCUT2D eigenvalue weighted by molar-refractivity contribution is 5.88. The van der Waals surface area contributed by atoms with E-state index in [4.69, 9.17) is 14.9 Å². The highest BCUT2D eigenvalue weighted by atomic mass is 16.6. The molecule has 0 spiro atoms. The van der Waals surface area contributed by atoms with Gasteiger partial charge in [0, 0.05) is 13.0 Å². The summed E-state index contributed by atoms with van der Waals surface area (Å²) in [4.78, 5) is 28.4. The summed E-state index contributed by atoms with van der Waals surface area (Å²) in [7, 11) is 0. The Morgan fingerprint density at radius 3 is 2.68 bits per heavy atom. The van der Waals surface area contributed by atoms with Crippen LogP contribution in [0.3, 0.4) is 0 Å². The zero-order chi connectivity index (χ0) is 14.2. The van der Waals surface area contributed by atoms with Crippen LogP contribution < -0.4 is 5.73 Å². The van der Waals surface area contributed by atoms with Crippen molar-refractivity contribution < 1.29 is 18.7 Å². The summed E-state index contributed by atoms with van der Waals surface area (Å²) in [5.41, 5.74) is 5.23. The number of nitrogens with two attached hydrogens (primary N) is 1. The molecule has 1 aliphatic heterocycles. The van der Waals surface area contributed by atoms with E-state index in [0.29, 0.717) is 24.4 Å². The number of amides is 2. The van der Waals surface area contributed by atoms with Gasteiger partial charge in [-0.2, -0.15) is 0 Å². The maximum absolute atomic E-state index is 11.9. The quantitative estimate of drug-likeness (QED) is 0.820. The van der Waals surface area contributed by atoms with E-state index in [1.807, 2.05) is 0 Å². The van der Waals surface area contributed by atoms with Crippen molar-refractivity contribution in [1.82, 2.24) is 9.88 Å². The normalized spacial score (nSPS) is 15.0. The third-order valence-corrected chi connectivity index (χ3v) is 2.59. The van der Waals surface area contributed by atoms with E-state index in [0.717, 1.165) is 0 Å². The fourth-order valence-corrected chi connectivity index (χ4v) is 1.78. The van der Waals surface area contributed by atoms with Gasteiger partial charge in [0.15, 0.2) is 0 Å². The Morgan fingerprint density at radius 1 is 1.42 bits per heavy atom. The molecule has 1 aromatic heterocycles. The summed E-state index contributed by atoms with van der Waals surface area (Å²) >= 11 is 0. The van der Waals surface area contributed by atoms with Crippen LogP contribution in [0.2, 0.25) is 0 Å². The zero-order valence-electron chi connectivity index (χ0n) is 11.2. The Hall–Kier alpha value is -2.05. The number of nitrogens with zero attached hydrogens (tertiary/aromatic N) is 2. The number of carbonyl (C=O) groups excluding carboxylic acids is 2. The van der Waals surface area contributed by atoms with Crippen LogP contribution in [-0.4, -0.2) is 34.0 Å². The monoisotopic (exact) mass is 267 g/mol. The Labute approximate surface area is 110 Å². The van der Waals surface area contributed by atoms with Crippen molar-refractivity contribution in [2.45, 2.75) is 39.3 Å². The van der Waals surface area contributed by atoms with Gasteiger partial charge < -0.3 is 19.8 Å². The fraction of sp³-hybridized carbons (Fsp3) is 0.583. The van der Waals surface area contributed by atoms with Crippen molar-refractivity contribution in [3.05, 3.63) is 17.3 Å². The van der Waals surface area contributed by atoms with Crippen molar-refractivity contribution in [1.29, 1.82) is 0 Å². The Balaban J connectivity index is 2.09. The second kappa shape index (κ2) is 4.56. The highest BCUT2D eigenvalue weighted by Gasteiger charge is 2.29. The minimum absolute atomic E-state index is 0.115. The molecule has 0 aromatic carbocycles. The van der Waals surface area contributed by atoms with Gasteiger partial charge >= 0.3 is 12.0 Å². The third kappa shape index (κ3) is 3.04. The van der Waals surface area contributed by atoms with Crippen LogP contribution in [-0.2, 0) is 17.7 Å². The van der Waals surface area contributed by atoms with Crippen LogP contribution in [0.25, 0.3) is 0 Å². The number of carbonyl (C=O) groups is 2. The molecule has 0 saturated heterocycles. The summed E-state index contributed by atoms with van der Waals surface area (Å²) in [5, 5.41) is 0. The predicted molar refractivity (Wildman–Crippen MR) is 65.4 cm³/mol. The first kappa shape index (κ1) is 13.4. The van der Waals surface area contributed by atoms with Crippen molar-refractivity contribution in [3.8, 4) is 0 Å². The molecule has 0 fully saturated rings. The molecular formula is C12H17N3O4. The van der Waals surface area contributed by atoms with E-state index in [2.05, 4.69) is 4.98 Å². The SMILES string of the molecule is CC(C)(C)OC(=O)N1CCc2nc(C(N)=O)oc2C1. The van der Waals surface area contributed by atoms with Crippen LogP contribution in [0, 0.1) is 0 Å². The number of fused-ring (bicyclic) bond motifs is 1. The largest absolute Gasteiger partial charge is 0.444 e. The molecule has 104 valence electrons. The van der Waals surface area contributed by atoms with Gasteiger partial charge in [-0.05, 0) is 20.8 Å². The second-order valence-corrected chi connectivity index (χ2v) is 5.41. The third-order valence-electron chi connectivity index (χ3n) is 2.59. The maximum atomic E-state index is 11.9. The van der Waals surface area contributed by atoms with E-state index in [9.17, 15) is 9.59 Å². The van der Waals surface area contributed by atoms with Crippen molar-refractivity contribution in [2.75, 3.05) is 6.54 Å². The van der Waals surface area contributed by atoms with Crippen molar-refractivity contribution in [3.63, 3.8) is 0 Å². The molecule has 2 heterocycles. The molecule has 1 aromatic rings. The van der Waals surface area contributed by atoms with Gasteiger partial charge in [-0.25, -0.2) is 9.78 Å². The first-order valence-corrected chi connectivity index (χ1v) is 6.02. The first-order chi connectivity index (χ1) is 8.76. The molecule has 2 rings (SSSR count). The van der Waals surface area contributed by atoms with E-state index in [1.54, 1.807) is 20.8 Å².